The lowest BCUT2D eigenvalue weighted by atomic mass is 10.0. The second-order valence-electron chi connectivity index (χ2n) is 7.17. The van der Waals surface area contributed by atoms with Crippen molar-refractivity contribution in [1.82, 2.24) is 4.90 Å². The van der Waals surface area contributed by atoms with Gasteiger partial charge in [0.1, 0.15) is 11.5 Å². The van der Waals surface area contributed by atoms with Gasteiger partial charge >= 0.3 is 0 Å². The highest BCUT2D eigenvalue weighted by molar-refractivity contribution is 6.45. The van der Waals surface area contributed by atoms with Crippen molar-refractivity contribution >= 4 is 23.1 Å². The van der Waals surface area contributed by atoms with Gasteiger partial charge in [0.25, 0.3) is 11.8 Å². The number of hydrogen-bond donors (Lipinski definition) is 0. The molecule has 2 heterocycles. The van der Waals surface area contributed by atoms with E-state index in [0.29, 0.717) is 35.6 Å². The third-order valence-corrected chi connectivity index (χ3v) is 4.94. The number of halogens is 1. The first-order chi connectivity index (χ1) is 13.5. The van der Waals surface area contributed by atoms with Crippen LogP contribution in [0.15, 0.2) is 60.3 Å². The largest absolute Gasteiger partial charge is 0.372 e. The SMILES string of the molecule is CC1CN(C2=C(c3ccccc3)C(=O)N(c3ccc(F)cc3)C2=O)CC(C)O1. The van der Waals surface area contributed by atoms with Gasteiger partial charge in [-0.15, -0.1) is 0 Å². The van der Waals surface area contributed by atoms with Gasteiger partial charge in [0, 0.05) is 13.1 Å². The Kier molecular flexibility index (Phi) is 4.73. The standard InChI is InChI=1S/C22H21FN2O3/c1-14-12-24(13-15(2)28-14)20-19(16-6-4-3-5-7-16)21(26)25(22(20)27)18-10-8-17(23)9-11-18/h3-11,14-15H,12-13H2,1-2H3. The fraction of sp³-hybridized carbons (Fsp3) is 0.273. The molecule has 0 N–H and O–H groups in total. The van der Waals surface area contributed by atoms with Crippen LogP contribution >= 0.6 is 0 Å². The number of hydrogen-bond acceptors (Lipinski definition) is 4. The smallest absolute Gasteiger partial charge is 0.282 e. The van der Waals surface area contributed by atoms with Gasteiger partial charge in [-0.2, -0.15) is 0 Å². The molecular formula is C22H21FN2O3. The third-order valence-electron chi connectivity index (χ3n) is 4.94. The highest BCUT2D eigenvalue weighted by atomic mass is 19.1. The van der Waals surface area contributed by atoms with Crippen LogP contribution in [-0.2, 0) is 14.3 Å². The van der Waals surface area contributed by atoms with Crippen LogP contribution in [0.5, 0.6) is 0 Å². The molecule has 5 nitrogen and oxygen atoms in total. The number of amides is 2. The molecule has 1 saturated heterocycles. The molecule has 2 unspecified atom stereocenters. The van der Waals surface area contributed by atoms with Crippen LogP contribution in [0.4, 0.5) is 10.1 Å². The minimum absolute atomic E-state index is 0.0592. The summed E-state index contributed by atoms with van der Waals surface area (Å²) in [5.41, 5.74) is 1.79. The van der Waals surface area contributed by atoms with E-state index < -0.39 is 17.6 Å². The minimum atomic E-state index is -0.421. The van der Waals surface area contributed by atoms with E-state index in [1.165, 1.54) is 24.3 Å². The maximum Gasteiger partial charge on any atom is 0.282 e. The van der Waals surface area contributed by atoms with E-state index in [-0.39, 0.29) is 12.2 Å². The number of nitrogens with zero attached hydrogens (tertiary/aromatic N) is 2. The fourth-order valence-electron chi connectivity index (χ4n) is 3.86. The predicted molar refractivity (Wildman–Crippen MR) is 104 cm³/mol. The van der Waals surface area contributed by atoms with Crippen LogP contribution < -0.4 is 4.90 Å². The van der Waals surface area contributed by atoms with Gasteiger partial charge in [-0.1, -0.05) is 30.3 Å². The molecule has 2 aliphatic rings. The van der Waals surface area contributed by atoms with Gasteiger partial charge in [0.15, 0.2) is 0 Å². The molecule has 2 aliphatic heterocycles. The van der Waals surface area contributed by atoms with Crippen molar-refractivity contribution < 1.29 is 18.7 Å². The zero-order valence-corrected chi connectivity index (χ0v) is 15.8. The summed E-state index contributed by atoms with van der Waals surface area (Å²) in [4.78, 5) is 29.7. The summed E-state index contributed by atoms with van der Waals surface area (Å²) in [6, 6.07) is 14.6. The fourth-order valence-corrected chi connectivity index (χ4v) is 3.86. The summed E-state index contributed by atoms with van der Waals surface area (Å²) < 4.78 is 19.1. The van der Waals surface area contributed by atoms with Crippen LogP contribution in [0.25, 0.3) is 5.57 Å². The van der Waals surface area contributed by atoms with E-state index in [4.69, 9.17) is 4.74 Å². The Morgan fingerprint density at radius 1 is 0.893 bits per heavy atom. The molecule has 0 aromatic heterocycles. The molecule has 2 amide bonds. The highest BCUT2D eigenvalue weighted by Crippen LogP contribution is 2.35. The topological polar surface area (TPSA) is 49.9 Å². The van der Waals surface area contributed by atoms with Gasteiger partial charge in [0.05, 0.1) is 23.5 Å². The first-order valence-electron chi connectivity index (χ1n) is 9.30. The van der Waals surface area contributed by atoms with Crippen LogP contribution in [0.3, 0.4) is 0 Å². The van der Waals surface area contributed by atoms with E-state index in [9.17, 15) is 14.0 Å². The second-order valence-corrected chi connectivity index (χ2v) is 7.17. The number of benzene rings is 2. The molecular weight excluding hydrogens is 359 g/mol. The predicted octanol–water partition coefficient (Wildman–Crippen LogP) is 3.22. The van der Waals surface area contributed by atoms with Crippen molar-refractivity contribution in [3.8, 4) is 0 Å². The number of carbonyl (C=O) groups excluding carboxylic acids is 2. The second kappa shape index (κ2) is 7.20. The molecule has 144 valence electrons. The average Bonchev–Trinajstić information content (AvgIpc) is 2.93. The number of imide groups is 1. The van der Waals surface area contributed by atoms with Gasteiger partial charge in [0.2, 0.25) is 0 Å². The summed E-state index contributed by atoms with van der Waals surface area (Å²) in [5.74, 6) is -1.21. The maximum atomic E-state index is 13.4. The lowest BCUT2D eigenvalue weighted by molar-refractivity contribution is -0.121. The summed E-state index contributed by atoms with van der Waals surface area (Å²) in [5, 5.41) is 0. The lowest BCUT2D eigenvalue weighted by Gasteiger charge is -2.37. The Hall–Kier alpha value is -2.99. The monoisotopic (exact) mass is 380 g/mol. The molecule has 0 saturated carbocycles. The number of ether oxygens (including phenoxy) is 1. The molecule has 0 spiro atoms. The van der Waals surface area contributed by atoms with Gasteiger partial charge in [-0.25, -0.2) is 9.29 Å². The number of carbonyl (C=O) groups is 2. The Bertz CT molecular complexity index is 930. The highest BCUT2D eigenvalue weighted by Gasteiger charge is 2.43. The van der Waals surface area contributed by atoms with Crippen LogP contribution in [0, 0.1) is 5.82 Å². The molecule has 2 aromatic rings. The Labute approximate surface area is 163 Å². The molecule has 6 heteroatoms. The van der Waals surface area contributed by atoms with E-state index in [0.717, 1.165) is 4.90 Å². The molecule has 28 heavy (non-hydrogen) atoms. The van der Waals surface area contributed by atoms with E-state index in [1.54, 1.807) is 0 Å². The van der Waals surface area contributed by atoms with Crippen molar-refractivity contribution in [1.29, 1.82) is 0 Å². The number of rotatable bonds is 3. The van der Waals surface area contributed by atoms with E-state index in [2.05, 4.69) is 0 Å². The Morgan fingerprint density at radius 2 is 1.50 bits per heavy atom. The van der Waals surface area contributed by atoms with Crippen molar-refractivity contribution in [2.75, 3.05) is 18.0 Å². The van der Waals surface area contributed by atoms with E-state index >= 15 is 0 Å². The lowest BCUT2D eigenvalue weighted by Crippen LogP contribution is -2.47. The zero-order valence-electron chi connectivity index (χ0n) is 15.8. The van der Waals surface area contributed by atoms with Gasteiger partial charge < -0.3 is 9.64 Å². The Morgan fingerprint density at radius 3 is 2.11 bits per heavy atom. The first-order valence-corrected chi connectivity index (χ1v) is 9.30. The van der Waals surface area contributed by atoms with Crippen LogP contribution in [0.2, 0.25) is 0 Å². The number of morpholine rings is 1. The molecule has 0 bridgehead atoms. The summed E-state index contributed by atoms with van der Waals surface area (Å²) >= 11 is 0. The van der Waals surface area contributed by atoms with Gasteiger partial charge in [-0.3, -0.25) is 9.59 Å². The Balaban J connectivity index is 1.82. The number of anilines is 1. The summed E-state index contributed by atoms with van der Waals surface area (Å²) in [6.07, 6.45) is -0.118. The molecule has 0 radical (unpaired) electrons. The first kappa shape index (κ1) is 18.4. The van der Waals surface area contributed by atoms with Crippen LogP contribution in [-0.4, -0.2) is 42.0 Å². The molecule has 1 fully saturated rings. The van der Waals surface area contributed by atoms with Gasteiger partial charge in [-0.05, 0) is 43.7 Å². The van der Waals surface area contributed by atoms with Crippen molar-refractivity contribution in [2.45, 2.75) is 26.1 Å². The molecule has 2 aromatic carbocycles. The maximum absolute atomic E-state index is 13.4. The van der Waals surface area contributed by atoms with Crippen molar-refractivity contribution in [2.24, 2.45) is 0 Å². The normalized spacial score (nSPS) is 23.0. The average molecular weight is 380 g/mol. The molecule has 2 atom stereocenters. The third kappa shape index (κ3) is 3.20. The molecule has 0 aliphatic carbocycles. The van der Waals surface area contributed by atoms with E-state index in [1.807, 2.05) is 49.1 Å². The summed E-state index contributed by atoms with van der Waals surface area (Å²) in [6.45, 7) is 4.94. The summed E-state index contributed by atoms with van der Waals surface area (Å²) in [7, 11) is 0. The van der Waals surface area contributed by atoms with Crippen LogP contribution in [0.1, 0.15) is 19.4 Å². The zero-order chi connectivity index (χ0) is 19.8. The van der Waals surface area contributed by atoms with Crippen molar-refractivity contribution in [3.63, 3.8) is 0 Å². The van der Waals surface area contributed by atoms with Crippen molar-refractivity contribution in [3.05, 3.63) is 71.7 Å². The molecule has 4 rings (SSSR count). The quantitative estimate of drug-likeness (QED) is 0.768. The minimum Gasteiger partial charge on any atom is -0.372 e.